The maximum Gasteiger partial charge on any atom is 0.181 e. The van der Waals surface area contributed by atoms with E-state index in [4.69, 9.17) is 12.2 Å². The lowest BCUT2D eigenvalue weighted by molar-refractivity contribution is 0.601. The van der Waals surface area contributed by atoms with Crippen LogP contribution in [-0.4, -0.2) is 37.1 Å². The molecule has 0 aliphatic carbocycles. The summed E-state index contributed by atoms with van der Waals surface area (Å²) in [6.45, 7) is 2.03. The number of fused-ring (bicyclic) bond motifs is 1. The van der Waals surface area contributed by atoms with Crippen molar-refractivity contribution in [2.75, 3.05) is 21.3 Å². The van der Waals surface area contributed by atoms with Crippen LogP contribution < -0.4 is 9.80 Å². The summed E-state index contributed by atoms with van der Waals surface area (Å²) in [5.74, 6) is 0.296. The van der Waals surface area contributed by atoms with Crippen molar-refractivity contribution in [3.8, 4) is 0 Å². The van der Waals surface area contributed by atoms with E-state index in [1.807, 2.05) is 65.3 Å². The Morgan fingerprint density at radius 3 is 2.12 bits per heavy atom. The number of sulfone groups is 1. The summed E-state index contributed by atoms with van der Waals surface area (Å²) in [6, 6.07) is 17.6. The molecule has 2 aliphatic heterocycles. The molecule has 0 amide bonds. The van der Waals surface area contributed by atoms with E-state index in [0.29, 0.717) is 5.11 Å². The smallest absolute Gasteiger partial charge is 0.181 e. The van der Waals surface area contributed by atoms with Gasteiger partial charge in [0.25, 0.3) is 0 Å². The summed E-state index contributed by atoms with van der Waals surface area (Å²) >= 11 is 5.76. The van der Waals surface area contributed by atoms with Crippen LogP contribution in [-0.2, 0) is 9.84 Å². The molecule has 0 saturated carbocycles. The highest BCUT2D eigenvalue weighted by molar-refractivity contribution is 7.91. The Kier molecular flexibility index (Phi) is 3.62. The third kappa shape index (κ3) is 2.50. The minimum absolute atomic E-state index is 0.134. The molecular formula is C18H18N2O2S2. The van der Waals surface area contributed by atoms with E-state index in [0.717, 1.165) is 16.9 Å². The van der Waals surface area contributed by atoms with Crippen molar-refractivity contribution in [2.24, 2.45) is 0 Å². The monoisotopic (exact) mass is 358 g/mol. The maximum absolute atomic E-state index is 12.3. The SMILES string of the molecule is Cc1cccc(N2C(=S)N(c3ccccc3)[C@@H]3CS(=O)(=O)C[C@@H]32)c1. The summed E-state index contributed by atoms with van der Waals surface area (Å²) in [6.07, 6.45) is 0. The van der Waals surface area contributed by atoms with Crippen molar-refractivity contribution in [1.29, 1.82) is 0 Å². The average Bonchev–Trinajstić information content (AvgIpc) is 2.96. The van der Waals surface area contributed by atoms with Gasteiger partial charge in [0.1, 0.15) is 0 Å². The maximum atomic E-state index is 12.3. The molecule has 6 heteroatoms. The van der Waals surface area contributed by atoms with Crippen LogP contribution >= 0.6 is 12.2 Å². The van der Waals surface area contributed by atoms with Gasteiger partial charge in [-0.05, 0) is 49.0 Å². The first-order valence-electron chi connectivity index (χ1n) is 7.91. The van der Waals surface area contributed by atoms with Gasteiger partial charge in [0, 0.05) is 11.4 Å². The van der Waals surface area contributed by atoms with E-state index >= 15 is 0 Å². The van der Waals surface area contributed by atoms with E-state index in [2.05, 4.69) is 6.07 Å². The first kappa shape index (κ1) is 15.6. The minimum atomic E-state index is -3.06. The van der Waals surface area contributed by atoms with Crippen LogP contribution in [0.1, 0.15) is 5.56 Å². The third-order valence-electron chi connectivity index (χ3n) is 4.68. The topological polar surface area (TPSA) is 40.6 Å². The molecule has 0 N–H and O–H groups in total. The van der Waals surface area contributed by atoms with E-state index in [1.165, 1.54) is 0 Å². The molecule has 124 valence electrons. The van der Waals surface area contributed by atoms with Gasteiger partial charge in [0.05, 0.1) is 23.6 Å². The molecule has 4 rings (SSSR count). The summed E-state index contributed by atoms with van der Waals surface area (Å²) in [5.41, 5.74) is 3.04. The normalized spacial score (nSPS) is 25.1. The molecule has 2 atom stereocenters. The Labute approximate surface area is 147 Å². The lowest BCUT2D eigenvalue weighted by Crippen LogP contribution is -2.37. The largest absolute Gasteiger partial charge is 0.312 e. The van der Waals surface area contributed by atoms with Gasteiger partial charge in [0.2, 0.25) is 0 Å². The lowest BCUT2D eigenvalue weighted by atomic mass is 10.1. The molecule has 0 spiro atoms. The molecule has 2 aromatic rings. The number of benzene rings is 2. The van der Waals surface area contributed by atoms with Gasteiger partial charge in [-0.3, -0.25) is 0 Å². The highest BCUT2D eigenvalue weighted by Gasteiger charge is 2.52. The molecule has 0 bridgehead atoms. The second-order valence-corrected chi connectivity index (χ2v) is 8.93. The molecule has 2 heterocycles. The molecule has 0 unspecified atom stereocenters. The van der Waals surface area contributed by atoms with Crippen molar-refractivity contribution >= 4 is 38.5 Å². The Hall–Kier alpha value is -1.92. The summed E-state index contributed by atoms with van der Waals surface area (Å²) in [4.78, 5) is 4.03. The molecule has 2 saturated heterocycles. The van der Waals surface area contributed by atoms with Crippen LogP contribution in [0.25, 0.3) is 0 Å². The molecule has 24 heavy (non-hydrogen) atoms. The molecule has 0 aromatic heterocycles. The van der Waals surface area contributed by atoms with Crippen LogP contribution in [0, 0.1) is 6.92 Å². The highest BCUT2D eigenvalue weighted by atomic mass is 32.2. The highest BCUT2D eigenvalue weighted by Crippen LogP contribution is 2.38. The number of para-hydroxylation sites is 1. The van der Waals surface area contributed by atoms with Crippen molar-refractivity contribution in [1.82, 2.24) is 0 Å². The second-order valence-electron chi connectivity index (χ2n) is 6.41. The standard InChI is InChI=1S/C18H18N2O2S2/c1-13-6-5-9-15(10-13)20-17-12-24(21,22)11-16(17)19(18(20)23)14-7-3-2-4-8-14/h2-10,16-17H,11-12H2,1H3/t16-,17+/m1/s1. The summed E-state index contributed by atoms with van der Waals surface area (Å²) in [5, 5.41) is 0.678. The zero-order valence-corrected chi connectivity index (χ0v) is 14.9. The van der Waals surface area contributed by atoms with E-state index in [1.54, 1.807) is 0 Å². The summed E-state index contributed by atoms with van der Waals surface area (Å²) in [7, 11) is -3.06. The third-order valence-corrected chi connectivity index (χ3v) is 6.78. The quantitative estimate of drug-likeness (QED) is 0.772. The van der Waals surface area contributed by atoms with Crippen molar-refractivity contribution < 1.29 is 8.42 Å². The van der Waals surface area contributed by atoms with E-state index in [9.17, 15) is 8.42 Å². The fourth-order valence-corrected chi connectivity index (χ4v) is 6.07. The van der Waals surface area contributed by atoms with Gasteiger partial charge in [0.15, 0.2) is 14.9 Å². The van der Waals surface area contributed by atoms with Crippen LogP contribution in [0.5, 0.6) is 0 Å². The number of aryl methyl sites for hydroxylation is 1. The zero-order chi connectivity index (χ0) is 16.9. The fourth-order valence-electron chi connectivity index (χ4n) is 3.67. The Bertz CT molecular complexity index is 896. The van der Waals surface area contributed by atoms with Crippen molar-refractivity contribution in [3.05, 3.63) is 60.2 Å². The minimum Gasteiger partial charge on any atom is -0.312 e. The predicted octanol–water partition coefficient (Wildman–Crippen LogP) is 2.77. The van der Waals surface area contributed by atoms with Crippen molar-refractivity contribution in [2.45, 2.75) is 19.0 Å². The van der Waals surface area contributed by atoms with Gasteiger partial charge < -0.3 is 9.80 Å². The number of thiocarbonyl (C=S) groups is 1. The van der Waals surface area contributed by atoms with Gasteiger partial charge in [-0.15, -0.1) is 0 Å². The first-order chi connectivity index (χ1) is 11.5. The van der Waals surface area contributed by atoms with Gasteiger partial charge in [-0.1, -0.05) is 30.3 Å². The molecular weight excluding hydrogens is 340 g/mol. The van der Waals surface area contributed by atoms with Gasteiger partial charge in [-0.2, -0.15) is 0 Å². The molecule has 4 nitrogen and oxygen atoms in total. The van der Waals surface area contributed by atoms with Gasteiger partial charge in [-0.25, -0.2) is 8.42 Å². The Morgan fingerprint density at radius 1 is 0.917 bits per heavy atom. The van der Waals surface area contributed by atoms with Gasteiger partial charge >= 0.3 is 0 Å². The van der Waals surface area contributed by atoms with Crippen LogP contribution in [0.4, 0.5) is 11.4 Å². The average molecular weight is 358 g/mol. The fraction of sp³-hybridized carbons (Fsp3) is 0.278. The number of rotatable bonds is 2. The number of hydrogen-bond acceptors (Lipinski definition) is 3. The molecule has 2 aliphatic rings. The van der Waals surface area contributed by atoms with Crippen molar-refractivity contribution in [3.63, 3.8) is 0 Å². The Balaban J connectivity index is 1.82. The number of nitrogens with zero attached hydrogens (tertiary/aromatic N) is 2. The zero-order valence-electron chi connectivity index (χ0n) is 13.3. The van der Waals surface area contributed by atoms with Crippen LogP contribution in [0.3, 0.4) is 0 Å². The molecule has 0 radical (unpaired) electrons. The Morgan fingerprint density at radius 2 is 1.50 bits per heavy atom. The van der Waals surface area contributed by atoms with Crippen LogP contribution in [0.2, 0.25) is 0 Å². The number of anilines is 2. The van der Waals surface area contributed by atoms with E-state index in [-0.39, 0.29) is 23.6 Å². The lowest BCUT2D eigenvalue weighted by Gasteiger charge is -2.26. The first-order valence-corrected chi connectivity index (χ1v) is 10.1. The number of hydrogen-bond donors (Lipinski definition) is 0. The van der Waals surface area contributed by atoms with E-state index < -0.39 is 9.84 Å². The predicted molar refractivity (Wildman–Crippen MR) is 101 cm³/mol. The molecule has 2 fully saturated rings. The second kappa shape index (κ2) is 5.57. The van der Waals surface area contributed by atoms with Crippen LogP contribution in [0.15, 0.2) is 54.6 Å². The molecule has 2 aromatic carbocycles. The summed E-state index contributed by atoms with van der Waals surface area (Å²) < 4.78 is 24.5.